The molecule has 3 aliphatic heterocycles. The summed E-state index contributed by atoms with van der Waals surface area (Å²) in [7, 11) is 0. The second-order valence-corrected chi connectivity index (χ2v) is 17.4. The molecule has 3 aliphatic rings. The van der Waals surface area contributed by atoms with Gasteiger partial charge >= 0.3 is 11.9 Å². The standard InChI is InChI=1S/C46H73NO17/c1-27-16-14-12-10-8-6-4-5-7-9-11-13-15-17-33(63-45-43(57)41(47)37(54)26-61-45)23-38-40(44(58)59)36(53)25-46(60,64-38)24-35(52)34(51)19-18-30(48)20-31(49)21-32(50)22-39(55)62-29(3)28(2)42(27)56/h4-5,7,9-17,27-38,40-43,45,48-54,56-57,60H,6,8,18-26,47H2,1-3H3,(H,58,59)/t27-,28-,29-,30+,31+,32+,33-,34+,35+,36-,37+,38-,40+,41-,42+,43-,45-,46+/m0/s1. The van der Waals surface area contributed by atoms with Gasteiger partial charge in [0, 0.05) is 31.1 Å². The lowest BCUT2D eigenvalue weighted by molar-refractivity contribution is -0.307. The van der Waals surface area contributed by atoms with Crippen LogP contribution in [0.15, 0.2) is 72.9 Å². The maximum atomic E-state index is 12.6. The Morgan fingerprint density at radius 3 is 1.98 bits per heavy atom. The number of carboxylic acid groups (broad SMARTS) is 1. The molecule has 0 aromatic rings. The minimum Gasteiger partial charge on any atom is -0.481 e. The molecule has 3 rings (SSSR count). The van der Waals surface area contributed by atoms with Crippen molar-refractivity contribution >= 4 is 11.9 Å². The van der Waals surface area contributed by atoms with Gasteiger partial charge in [0.05, 0.1) is 80.1 Å². The summed E-state index contributed by atoms with van der Waals surface area (Å²) < 4.78 is 22.9. The summed E-state index contributed by atoms with van der Waals surface area (Å²) in [4.78, 5) is 25.0. The number of aliphatic hydroxyl groups is 10. The second kappa shape index (κ2) is 27.5. The van der Waals surface area contributed by atoms with Crippen LogP contribution in [0.3, 0.4) is 0 Å². The summed E-state index contributed by atoms with van der Waals surface area (Å²) in [6.45, 7) is 4.98. The Morgan fingerprint density at radius 2 is 1.31 bits per heavy atom. The number of carbonyl (C=O) groups excluding carboxylic acids is 1. The van der Waals surface area contributed by atoms with Crippen molar-refractivity contribution in [2.75, 3.05) is 6.61 Å². The number of carboxylic acids is 1. The third-order valence-electron chi connectivity index (χ3n) is 11.9. The molecule has 0 aromatic carbocycles. The molecule has 2 fully saturated rings. The average Bonchev–Trinajstić information content (AvgIpc) is 3.21. The van der Waals surface area contributed by atoms with Gasteiger partial charge in [-0.1, -0.05) is 86.8 Å². The summed E-state index contributed by atoms with van der Waals surface area (Å²) in [5, 5.41) is 118. The number of ether oxygens (including phenoxy) is 4. The third kappa shape index (κ3) is 18.6. The topological polar surface area (TPSA) is 320 Å². The van der Waals surface area contributed by atoms with Crippen LogP contribution in [0.25, 0.3) is 0 Å². The number of esters is 1. The van der Waals surface area contributed by atoms with E-state index in [-0.39, 0.29) is 44.6 Å². The molecule has 64 heavy (non-hydrogen) atoms. The molecule has 0 aliphatic carbocycles. The number of cyclic esters (lactones) is 1. The Hall–Kier alpha value is -3.18. The summed E-state index contributed by atoms with van der Waals surface area (Å²) in [6.07, 6.45) is 3.24. The van der Waals surface area contributed by atoms with Crippen LogP contribution < -0.4 is 5.73 Å². The Bertz CT molecular complexity index is 1590. The van der Waals surface area contributed by atoms with Crippen LogP contribution in [-0.4, -0.2) is 166 Å². The van der Waals surface area contributed by atoms with E-state index in [0.717, 1.165) is 12.8 Å². The predicted octanol–water partition coefficient (Wildman–Crippen LogP) is 0.547. The van der Waals surface area contributed by atoms with E-state index in [9.17, 15) is 65.8 Å². The van der Waals surface area contributed by atoms with E-state index < -0.39 is 134 Å². The summed E-state index contributed by atoms with van der Waals surface area (Å²) >= 11 is 0. The maximum Gasteiger partial charge on any atom is 0.311 e. The van der Waals surface area contributed by atoms with Crippen LogP contribution in [-0.2, 0) is 28.5 Å². The zero-order chi connectivity index (χ0) is 47.6. The summed E-state index contributed by atoms with van der Waals surface area (Å²) in [6, 6.07) is -1.12. The van der Waals surface area contributed by atoms with Crippen molar-refractivity contribution in [1.82, 2.24) is 0 Å². The number of rotatable bonds is 3. The fourth-order valence-electron chi connectivity index (χ4n) is 7.86. The molecule has 0 amide bonds. The quantitative estimate of drug-likeness (QED) is 0.172. The van der Waals surface area contributed by atoms with E-state index in [1.807, 2.05) is 49.5 Å². The lowest BCUT2D eigenvalue weighted by Gasteiger charge is -2.45. The minimum atomic E-state index is -2.35. The van der Waals surface area contributed by atoms with Gasteiger partial charge in [-0.15, -0.1) is 0 Å². The average molecular weight is 912 g/mol. The minimum absolute atomic E-state index is 0.136. The van der Waals surface area contributed by atoms with E-state index >= 15 is 0 Å². The van der Waals surface area contributed by atoms with Crippen molar-refractivity contribution in [3.63, 3.8) is 0 Å². The molecule has 2 saturated heterocycles. The van der Waals surface area contributed by atoms with Crippen LogP contribution in [0.2, 0.25) is 0 Å². The van der Waals surface area contributed by atoms with E-state index in [4.69, 9.17) is 24.7 Å². The number of hydrogen-bond acceptors (Lipinski definition) is 17. The smallest absolute Gasteiger partial charge is 0.311 e. The zero-order valence-corrected chi connectivity index (χ0v) is 37.0. The zero-order valence-electron chi connectivity index (χ0n) is 37.0. The monoisotopic (exact) mass is 911 g/mol. The van der Waals surface area contributed by atoms with E-state index in [2.05, 4.69) is 0 Å². The molecule has 3 heterocycles. The van der Waals surface area contributed by atoms with Crippen LogP contribution in [0.4, 0.5) is 0 Å². The Morgan fingerprint density at radius 1 is 0.719 bits per heavy atom. The van der Waals surface area contributed by atoms with Gasteiger partial charge in [0.2, 0.25) is 0 Å². The first-order valence-electron chi connectivity index (χ1n) is 22.2. The van der Waals surface area contributed by atoms with Crippen LogP contribution in [0, 0.1) is 17.8 Å². The number of hydrogen-bond donors (Lipinski definition) is 12. The second-order valence-electron chi connectivity index (χ2n) is 17.4. The van der Waals surface area contributed by atoms with Crippen molar-refractivity contribution in [3.8, 4) is 0 Å². The number of allylic oxidation sites excluding steroid dienone is 10. The molecule has 364 valence electrons. The molecule has 18 nitrogen and oxygen atoms in total. The van der Waals surface area contributed by atoms with E-state index in [1.54, 1.807) is 38.2 Å². The summed E-state index contributed by atoms with van der Waals surface area (Å²) in [5.74, 6) is -6.81. The highest BCUT2D eigenvalue weighted by molar-refractivity contribution is 5.71. The molecule has 0 saturated carbocycles. The molecular weight excluding hydrogens is 838 g/mol. The number of nitrogens with two attached hydrogens (primary N) is 1. The van der Waals surface area contributed by atoms with Gasteiger partial charge in [-0.3, -0.25) is 9.59 Å². The molecule has 18 heteroatoms. The fourth-order valence-corrected chi connectivity index (χ4v) is 7.86. The van der Waals surface area contributed by atoms with E-state index in [0.29, 0.717) is 0 Å². The lowest BCUT2D eigenvalue weighted by Crippen LogP contribution is -2.59. The molecule has 2 bridgehead atoms. The largest absolute Gasteiger partial charge is 0.481 e. The van der Waals surface area contributed by atoms with E-state index in [1.165, 1.54) is 6.08 Å². The van der Waals surface area contributed by atoms with Crippen molar-refractivity contribution in [2.45, 2.75) is 176 Å². The molecule has 0 aromatic heterocycles. The van der Waals surface area contributed by atoms with Crippen molar-refractivity contribution in [2.24, 2.45) is 23.5 Å². The van der Waals surface area contributed by atoms with Gasteiger partial charge in [-0.05, 0) is 45.4 Å². The SMILES string of the molecule is C[C@@H]1[C@H](O)[C@@H](C)C=CC=CCCC=CC=CC=CC=C[C@H](O[C@@H]2OC[C@@H](O)[C@H](N)[C@@H]2O)C[C@@H]2O[C@](O)(C[C@@H](O)[C@H](O)CC[C@@H](O)C[C@@H](O)C[C@@H](O)CC(=O)O[C@H]1C)C[C@H](O)[C@H]2C(=O)O. The van der Waals surface area contributed by atoms with Crippen molar-refractivity contribution in [1.29, 1.82) is 0 Å². The highest BCUT2D eigenvalue weighted by Crippen LogP contribution is 2.38. The van der Waals surface area contributed by atoms with Crippen molar-refractivity contribution < 1.29 is 84.7 Å². The number of carbonyl (C=O) groups is 2. The first-order chi connectivity index (χ1) is 30.2. The lowest BCUT2D eigenvalue weighted by atomic mass is 9.82. The molecule has 0 unspecified atom stereocenters. The van der Waals surface area contributed by atoms with Gasteiger partial charge in [0.25, 0.3) is 0 Å². The van der Waals surface area contributed by atoms with Crippen molar-refractivity contribution in [3.05, 3.63) is 72.9 Å². The third-order valence-corrected chi connectivity index (χ3v) is 11.9. The Kier molecular flexibility index (Phi) is 23.7. The first-order valence-corrected chi connectivity index (χ1v) is 22.2. The van der Waals surface area contributed by atoms with Crippen LogP contribution >= 0.6 is 0 Å². The molecule has 13 N–H and O–H groups in total. The first kappa shape index (κ1) is 55.1. The normalized spacial score (nSPS) is 41.6. The summed E-state index contributed by atoms with van der Waals surface area (Å²) in [5.41, 5.74) is 5.93. The Labute approximate surface area is 375 Å². The highest BCUT2D eigenvalue weighted by Gasteiger charge is 2.51. The van der Waals surface area contributed by atoms with Crippen LogP contribution in [0.1, 0.15) is 85.0 Å². The maximum absolute atomic E-state index is 12.6. The highest BCUT2D eigenvalue weighted by atomic mass is 16.7. The van der Waals surface area contributed by atoms with Gasteiger partial charge in [0.1, 0.15) is 18.1 Å². The fraction of sp³-hybridized carbons (Fsp3) is 0.696. The molecular formula is C46H73NO17. The number of fused-ring (bicyclic) bond motifs is 2. The van der Waals surface area contributed by atoms with Gasteiger partial charge < -0.3 is 80.9 Å². The van der Waals surface area contributed by atoms with Gasteiger partial charge in [0.15, 0.2) is 12.1 Å². The van der Waals surface area contributed by atoms with Gasteiger partial charge in [-0.25, -0.2) is 0 Å². The molecule has 18 atom stereocenters. The Balaban J connectivity index is 1.82. The number of aliphatic carboxylic acids is 1. The predicted molar refractivity (Wildman–Crippen MR) is 232 cm³/mol. The molecule has 0 radical (unpaired) electrons. The van der Waals surface area contributed by atoms with Gasteiger partial charge in [-0.2, -0.15) is 0 Å². The molecule has 0 spiro atoms. The van der Waals surface area contributed by atoms with Crippen LogP contribution in [0.5, 0.6) is 0 Å². The number of aliphatic hydroxyl groups excluding tert-OH is 9.